The van der Waals surface area contributed by atoms with Gasteiger partial charge in [-0.3, -0.25) is 4.72 Å². The highest BCUT2D eigenvalue weighted by molar-refractivity contribution is 7.94. The number of halogens is 1. The van der Waals surface area contributed by atoms with Crippen molar-refractivity contribution < 1.29 is 13.2 Å². The minimum absolute atomic E-state index is 0.207. The number of thiophene rings is 1. The summed E-state index contributed by atoms with van der Waals surface area (Å²) in [4.78, 5) is 2.28. The quantitative estimate of drug-likeness (QED) is 0.848. The maximum absolute atomic E-state index is 12.3. The molecule has 8 heteroatoms. The monoisotopic (exact) mass is 386 g/mol. The number of benzene rings is 1. The summed E-state index contributed by atoms with van der Waals surface area (Å²) >= 11 is 6.85. The molecule has 2 aromatic rings. The maximum Gasteiger partial charge on any atom is 0.271 e. The Morgan fingerprint density at radius 3 is 2.38 bits per heavy atom. The topological polar surface area (TPSA) is 58.6 Å². The number of hydrogen-bond acceptors (Lipinski definition) is 5. The van der Waals surface area contributed by atoms with Crippen LogP contribution in [-0.4, -0.2) is 34.7 Å². The van der Waals surface area contributed by atoms with Crippen molar-refractivity contribution >= 4 is 44.3 Å². The van der Waals surface area contributed by atoms with E-state index in [0.29, 0.717) is 16.1 Å². The lowest BCUT2D eigenvalue weighted by molar-refractivity contribution is 0.0819. The van der Waals surface area contributed by atoms with E-state index in [1.54, 1.807) is 25.3 Å². The van der Waals surface area contributed by atoms with E-state index in [0.717, 1.165) is 43.0 Å². The van der Waals surface area contributed by atoms with Gasteiger partial charge in [0.1, 0.15) is 4.21 Å². The molecule has 1 aliphatic rings. The minimum atomic E-state index is -3.59. The molecule has 5 nitrogen and oxygen atoms in total. The number of nitrogens with one attached hydrogen (secondary N) is 1. The van der Waals surface area contributed by atoms with E-state index in [9.17, 15) is 8.42 Å². The minimum Gasteiger partial charge on any atom is -0.381 e. The van der Waals surface area contributed by atoms with E-state index in [-0.39, 0.29) is 4.21 Å². The van der Waals surface area contributed by atoms with Crippen LogP contribution in [0.1, 0.15) is 12.8 Å². The fourth-order valence-electron chi connectivity index (χ4n) is 2.74. The van der Waals surface area contributed by atoms with Gasteiger partial charge >= 0.3 is 0 Å². The second-order valence-electron chi connectivity index (χ2n) is 5.63. The Bertz CT molecular complexity index is 782. The molecule has 0 saturated carbocycles. The largest absolute Gasteiger partial charge is 0.381 e. The summed E-state index contributed by atoms with van der Waals surface area (Å²) in [6.07, 6.45) is 2.35. The number of sulfonamides is 1. The molecule has 1 N–H and O–H groups in total. The highest BCUT2D eigenvalue weighted by atomic mass is 35.5. The zero-order valence-electron chi connectivity index (χ0n) is 13.2. The average Bonchev–Trinajstić information content (AvgIpc) is 3.03. The average molecular weight is 387 g/mol. The number of piperidine rings is 1. The highest BCUT2D eigenvalue weighted by Crippen LogP contribution is 2.28. The molecule has 1 fully saturated rings. The first-order chi connectivity index (χ1) is 11.5. The molecular formula is C16H19ClN2O3S2. The van der Waals surface area contributed by atoms with Gasteiger partial charge < -0.3 is 9.64 Å². The van der Waals surface area contributed by atoms with Gasteiger partial charge in [-0.05, 0) is 49.2 Å². The third kappa shape index (κ3) is 4.03. The van der Waals surface area contributed by atoms with Crippen LogP contribution in [0.3, 0.4) is 0 Å². The molecule has 1 saturated heterocycles. The summed E-state index contributed by atoms with van der Waals surface area (Å²) in [7, 11) is -1.83. The van der Waals surface area contributed by atoms with Crippen molar-refractivity contribution in [2.75, 3.05) is 29.8 Å². The lowest BCUT2D eigenvalue weighted by atomic mass is 10.1. The summed E-state index contributed by atoms with van der Waals surface area (Å²) in [5.41, 5.74) is 1.63. The van der Waals surface area contributed by atoms with E-state index in [4.69, 9.17) is 16.3 Å². The fourth-order valence-corrected chi connectivity index (χ4v) is 5.28. The first-order valence-corrected chi connectivity index (χ1v) is 10.3. The molecule has 0 amide bonds. The maximum atomic E-state index is 12.3. The van der Waals surface area contributed by atoms with E-state index in [2.05, 4.69) is 9.62 Å². The van der Waals surface area contributed by atoms with Crippen LogP contribution >= 0.6 is 22.9 Å². The van der Waals surface area contributed by atoms with Crippen molar-refractivity contribution in [3.63, 3.8) is 0 Å². The van der Waals surface area contributed by atoms with Crippen LogP contribution in [0.5, 0.6) is 0 Å². The van der Waals surface area contributed by atoms with Crippen molar-refractivity contribution in [2.45, 2.75) is 23.2 Å². The van der Waals surface area contributed by atoms with Gasteiger partial charge in [0.25, 0.3) is 10.0 Å². The van der Waals surface area contributed by atoms with Crippen LogP contribution in [0.4, 0.5) is 11.4 Å². The van der Waals surface area contributed by atoms with Gasteiger partial charge in [-0.25, -0.2) is 8.42 Å². The number of anilines is 2. The summed E-state index contributed by atoms with van der Waals surface area (Å²) in [6, 6.07) is 10.5. The molecule has 3 rings (SSSR count). The van der Waals surface area contributed by atoms with Gasteiger partial charge in [-0.2, -0.15) is 0 Å². The van der Waals surface area contributed by atoms with Gasteiger partial charge in [-0.15, -0.1) is 11.3 Å². The lowest BCUT2D eigenvalue weighted by Gasteiger charge is -2.33. The molecule has 0 unspecified atom stereocenters. The normalized spacial score (nSPS) is 16.3. The second kappa shape index (κ2) is 7.31. The van der Waals surface area contributed by atoms with Crippen molar-refractivity contribution in [3.8, 4) is 0 Å². The molecule has 0 aliphatic carbocycles. The van der Waals surface area contributed by atoms with Crippen LogP contribution in [0.15, 0.2) is 40.6 Å². The van der Waals surface area contributed by atoms with E-state index >= 15 is 0 Å². The van der Waals surface area contributed by atoms with Gasteiger partial charge in [0.2, 0.25) is 0 Å². The number of rotatable bonds is 5. The van der Waals surface area contributed by atoms with E-state index < -0.39 is 10.0 Å². The Morgan fingerprint density at radius 1 is 1.17 bits per heavy atom. The van der Waals surface area contributed by atoms with Crippen LogP contribution in [0.25, 0.3) is 0 Å². The summed E-state index contributed by atoms with van der Waals surface area (Å²) in [5.74, 6) is 0. The number of nitrogens with zero attached hydrogens (tertiary/aromatic N) is 1. The first-order valence-electron chi connectivity index (χ1n) is 7.64. The fraction of sp³-hybridized carbons (Fsp3) is 0.375. The zero-order valence-corrected chi connectivity index (χ0v) is 15.6. The van der Waals surface area contributed by atoms with Crippen molar-refractivity contribution in [1.29, 1.82) is 0 Å². The second-order valence-corrected chi connectivity index (χ2v) is 9.26. The Kier molecular flexibility index (Phi) is 5.34. The lowest BCUT2D eigenvalue weighted by Crippen LogP contribution is -2.36. The van der Waals surface area contributed by atoms with Gasteiger partial charge in [0.15, 0.2) is 0 Å². The van der Waals surface area contributed by atoms with Gasteiger partial charge in [0.05, 0.1) is 10.4 Å². The molecule has 1 aliphatic heterocycles. The molecule has 1 aromatic heterocycles. The SMILES string of the molecule is COC1CCN(c2ccc(NS(=O)(=O)c3ccc(Cl)s3)cc2)CC1. The highest BCUT2D eigenvalue weighted by Gasteiger charge is 2.20. The molecule has 130 valence electrons. The molecular weight excluding hydrogens is 368 g/mol. The van der Waals surface area contributed by atoms with Crippen molar-refractivity contribution in [1.82, 2.24) is 0 Å². The number of ether oxygens (including phenoxy) is 1. The van der Waals surface area contributed by atoms with Crippen LogP contribution in [0, 0.1) is 0 Å². The number of hydrogen-bond donors (Lipinski definition) is 1. The van der Waals surface area contributed by atoms with E-state index in [1.807, 2.05) is 12.1 Å². The summed E-state index contributed by atoms with van der Waals surface area (Å²) in [5, 5.41) is 0. The van der Waals surface area contributed by atoms with Crippen molar-refractivity contribution in [3.05, 3.63) is 40.7 Å². The Morgan fingerprint density at radius 2 is 1.83 bits per heavy atom. The van der Waals surface area contributed by atoms with Crippen LogP contribution in [0.2, 0.25) is 4.34 Å². The molecule has 1 aromatic carbocycles. The first kappa shape index (κ1) is 17.5. The Hall–Kier alpha value is -1.28. The zero-order chi connectivity index (χ0) is 17.2. The molecule has 24 heavy (non-hydrogen) atoms. The third-order valence-electron chi connectivity index (χ3n) is 4.07. The van der Waals surface area contributed by atoms with Crippen LogP contribution < -0.4 is 9.62 Å². The molecule has 0 atom stereocenters. The predicted octanol–water partition coefficient (Wildman–Crippen LogP) is 3.82. The molecule has 0 radical (unpaired) electrons. The predicted molar refractivity (Wildman–Crippen MR) is 98.8 cm³/mol. The Labute approximate surface area is 151 Å². The van der Waals surface area contributed by atoms with Crippen molar-refractivity contribution in [2.24, 2.45) is 0 Å². The molecule has 2 heterocycles. The summed E-state index contributed by atoms with van der Waals surface area (Å²) in [6.45, 7) is 1.88. The van der Waals surface area contributed by atoms with Gasteiger partial charge in [-0.1, -0.05) is 11.6 Å². The summed E-state index contributed by atoms with van der Waals surface area (Å²) < 4.78 is 33.2. The Balaban J connectivity index is 1.67. The van der Waals surface area contributed by atoms with Gasteiger partial charge in [0, 0.05) is 31.6 Å². The molecule has 0 bridgehead atoms. The smallest absolute Gasteiger partial charge is 0.271 e. The third-order valence-corrected chi connectivity index (χ3v) is 7.18. The van der Waals surface area contributed by atoms with E-state index in [1.165, 1.54) is 6.07 Å². The molecule has 0 spiro atoms. The van der Waals surface area contributed by atoms with Crippen LogP contribution in [-0.2, 0) is 14.8 Å². The number of methoxy groups -OCH3 is 1. The standard InChI is InChI=1S/C16H19ClN2O3S2/c1-22-14-8-10-19(11-9-14)13-4-2-12(3-5-13)18-24(20,21)16-7-6-15(17)23-16/h2-7,14,18H,8-11H2,1H3.